The molecule has 9 heteroatoms. The van der Waals surface area contributed by atoms with Crippen molar-refractivity contribution in [2.45, 2.75) is 6.18 Å². The van der Waals surface area contributed by atoms with Gasteiger partial charge in [-0.2, -0.15) is 13.2 Å². The second kappa shape index (κ2) is 7.83. The van der Waals surface area contributed by atoms with Crippen LogP contribution in [-0.4, -0.2) is 32.2 Å². The van der Waals surface area contributed by atoms with Gasteiger partial charge in [0.2, 0.25) is 0 Å². The number of nitrogens with zero attached hydrogens (tertiary/aromatic N) is 1. The summed E-state index contributed by atoms with van der Waals surface area (Å²) in [5.41, 5.74) is -1.37. The van der Waals surface area contributed by atoms with Gasteiger partial charge in [-0.15, -0.1) is 0 Å². The number of carbonyl (C=O) groups is 1. The smallest absolute Gasteiger partial charge is 0.416 e. The Hall–Kier alpha value is -3.33. The summed E-state index contributed by atoms with van der Waals surface area (Å²) in [6.45, 7) is 1.77. The predicted octanol–water partition coefficient (Wildman–Crippen LogP) is 3.90. The van der Waals surface area contributed by atoms with Crippen LogP contribution in [0.2, 0.25) is 0 Å². The van der Waals surface area contributed by atoms with E-state index in [9.17, 15) is 22.8 Å². The molecular weight excluding hydrogens is 401 g/mol. The first-order valence-electron chi connectivity index (χ1n) is 9.21. The molecule has 0 spiro atoms. The molecular formula is C21H17F3N2O4. The zero-order chi connectivity index (χ0) is 21.3. The molecule has 1 aliphatic heterocycles. The SMILES string of the molecule is O=C(Nc1cc(C(F)(F)F)ccc1N1CCOCC1)c1cc2ccccc2oc1=O. The summed E-state index contributed by atoms with van der Waals surface area (Å²) in [5.74, 6) is -0.844. The summed E-state index contributed by atoms with van der Waals surface area (Å²) in [4.78, 5) is 26.8. The number of nitrogens with one attached hydrogen (secondary N) is 1. The molecule has 0 saturated carbocycles. The van der Waals surface area contributed by atoms with Gasteiger partial charge in [0.15, 0.2) is 0 Å². The minimum atomic E-state index is -4.58. The zero-order valence-electron chi connectivity index (χ0n) is 15.7. The van der Waals surface area contributed by atoms with E-state index in [1.165, 1.54) is 12.1 Å². The third kappa shape index (κ3) is 4.02. The quantitative estimate of drug-likeness (QED) is 0.654. The molecule has 0 radical (unpaired) electrons. The topological polar surface area (TPSA) is 71.8 Å². The monoisotopic (exact) mass is 418 g/mol. The van der Waals surface area contributed by atoms with Crippen LogP contribution in [0.5, 0.6) is 0 Å². The van der Waals surface area contributed by atoms with Crippen LogP contribution in [0.1, 0.15) is 15.9 Å². The van der Waals surface area contributed by atoms with Crippen LogP contribution in [0.15, 0.2) is 57.7 Å². The number of halogens is 3. The molecule has 0 unspecified atom stereocenters. The predicted molar refractivity (Wildman–Crippen MR) is 105 cm³/mol. The van der Waals surface area contributed by atoms with Crippen LogP contribution >= 0.6 is 0 Å². The highest BCUT2D eigenvalue weighted by molar-refractivity contribution is 6.07. The van der Waals surface area contributed by atoms with Crippen molar-refractivity contribution >= 4 is 28.3 Å². The lowest BCUT2D eigenvalue weighted by Crippen LogP contribution is -2.37. The fourth-order valence-electron chi connectivity index (χ4n) is 3.30. The first-order chi connectivity index (χ1) is 14.3. The standard InChI is InChI=1S/C21H17F3N2O4/c22-21(23,24)14-5-6-17(26-7-9-29-10-8-26)16(12-14)25-19(27)15-11-13-3-1-2-4-18(13)30-20(15)28/h1-6,11-12H,7-10H2,(H,25,27). The molecule has 1 aromatic heterocycles. The molecule has 0 bridgehead atoms. The Bertz CT molecular complexity index is 1150. The van der Waals surface area contributed by atoms with Crippen LogP contribution in [0, 0.1) is 0 Å². The number of carbonyl (C=O) groups excluding carboxylic acids is 1. The molecule has 2 heterocycles. The molecule has 1 fully saturated rings. The number of ether oxygens (including phenoxy) is 1. The summed E-state index contributed by atoms with van der Waals surface area (Å²) >= 11 is 0. The summed E-state index contributed by atoms with van der Waals surface area (Å²) in [7, 11) is 0. The van der Waals surface area contributed by atoms with Crippen LogP contribution in [0.25, 0.3) is 11.0 Å². The van der Waals surface area contributed by atoms with Gasteiger partial charge < -0.3 is 19.4 Å². The number of morpholine rings is 1. The number of anilines is 2. The number of hydrogen-bond donors (Lipinski definition) is 1. The summed E-state index contributed by atoms with van der Waals surface area (Å²) < 4.78 is 50.1. The highest BCUT2D eigenvalue weighted by Gasteiger charge is 2.32. The summed E-state index contributed by atoms with van der Waals surface area (Å²) in [6, 6.07) is 11.2. The van der Waals surface area contributed by atoms with E-state index in [0.717, 1.165) is 12.1 Å². The van der Waals surface area contributed by atoms with Crippen molar-refractivity contribution in [3.63, 3.8) is 0 Å². The van der Waals surface area contributed by atoms with Crippen molar-refractivity contribution < 1.29 is 27.1 Å². The summed E-state index contributed by atoms with van der Waals surface area (Å²) in [5, 5.41) is 2.99. The van der Waals surface area contributed by atoms with E-state index in [0.29, 0.717) is 43.0 Å². The van der Waals surface area contributed by atoms with Crippen molar-refractivity contribution in [1.82, 2.24) is 0 Å². The minimum absolute atomic E-state index is 0.0377. The largest absolute Gasteiger partial charge is 0.422 e. The first kappa shape index (κ1) is 20.0. The van der Waals surface area contributed by atoms with E-state index >= 15 is 0 Å². The summed E-state index contributed by atoms with van der Waals surface area (Å²) in [6.07, 6.45) is -4.58. The molecule has 1 N–H and O–H groups in total. The van der Waals surface area contributed by atoms with Gasteiger partial charge in [0.05, 0.1) is 30.2 Å². The van der Waals surface area contributed by atoms with Crippen molar-refractivity contribution in [1.29, 1.82) is 0 Å². The van der Waals surface area contributed by atoms with Gasteiger partial charge in [-0.25, -0.2) is 4.79 Å². The number of para-hydroxylation sites is 1. The van der Waals surface area contributed by atoms with Gasteiger partial charge in [0, 0.05) is 18.5 Å². The molecule has 0 atom stereocenters. The molecule has 2 aromatic carbocycles. The zero-order valence-corrected chi connectivity index (χ0v) is 15.7. The normalized spacial score (nSPS) is 14.7. The number of amides is 1. The Labute approximate surface area is 168 Å². The molecule has 30 heavy (non-hydrogen) atoms. The number of fused-ring (bicyclic) bond motifs is 1. The number of hydrogen-bond acceptors (Lipinski definition) is 5. The fraction of sp³-hybridized carbons (Fsp3) is 0.238. The van der Waals surface area contributed by atoms with Crippen LogP contribution in [0.3, 0.4) is 0 Å². The second-order valence-corrected chi connectivity index (χ2v) is 6.77. The van der Waals surface area contributed by atoms with Crippen molar-refractivity contribution in [2.24, 2.45) is 0 Å². The highest BCUT2D eigenvalue weighted by Crippen LogP contribution is 2.36. The Morgan fingerprint density at radius 1 is 1.03 bits per heavy atom. The molecule has 1 saturated heterocycles. The van der Waals surface area contributed by atoms with Crippen LogP contribution in [-0.2, 0) is 10.9 Å². The van der Waals surface area contributed by atoms with Gasteiger partial charge in [0.25, 0.3) is 5.91 Å². The lowest BCUT2D eigenvalue weighted by molar-refractivity contribution is -0.137. The maximum atomic E-state index is 13.2. The highest BCUT2D eigenvalue weighted by atomic mass is 19.4. The molecule has 0 aliphatic carbocycles. The number of benzene rings is 2. The van der Waals surface area contributed by atoms with E-state index in [4.69, 9.17) is 9.15 Å². The fourth-order valence-corrected chi connectivity index (χ4v) is 3.30. The molecule has 4 rings (SSSR count). The van der Waals surface area contributed by atoms with Gasteiger partial charge in [-0.05, 0) is 30.3 Å². The Morgan fingerprint density at radius 3 is 2.50 bits per heavy atom. The maximum Gasteiger partial charge on any atom is 0.416 e. The first-order valence-corrected chi connectivity index (χ1v) is 9.21. The van der Waals surface area contributed by atoms with Crippen molar-refractivity contribution in [3.8, 4) is 0 Å². The van der Waals surface area contributed by atoms with Gasteiger partial charge in [-0.3, -0.25) is 4.79 Å². The Morgan fingerprint density at radius 2 is 1.77 bits per heavy atom. The van der Waals surface area contributed by atoms with E-state index in [1.54, 1.807) is 24.3 Å². The van der Waals surface area contributed by atoms with E-state index in [2.05, 4.69) is 5.32 Å². The lowest BCUT2D eigenvalue weighted by atomic mass is 10.1. The average Bonchev–Trinajstić information content (AvgIpc) is 2.73. The Kier molecular flexibility index (Phi) is 5.21. The average molecular weight is 418 g/mol. The number of alkyl halides is 3. The van der Waals surface area contributed by atoms with Gasteiger partial charge in [-0.1, -0.05) is 18.2 Å². The maximum absolute atomic E-state index is 13.2. The second-order valence-electron chi connectivity index (χ2n) is 6.77. The van der Waals surface area contributed by atoms with Gasteiger partial charge >= 0.3 is 11.8 Å². The van der Waals surface area contributed by atoms with Crippen molar-refractivity contribution in [2.75, 3.05) is 36.5 Å². The van der Waals surface area contributed by atoms with Crippen LogP contribution < -0.4 is 15.8 Å². The Balaban J connectivity index is 1.72. The molecule has 6 nitrogen and oxygen atoms in total. The van der Waals surface area contributed by atoms with Crippen molar-refractivity contribution in [3.05, 3.63) is 70.1 Å². The minimum Gasteiger partial charge on any atom is -0.422 e. The lowest BCUT2D eigenvalue weighted by Gasteiger charge is -2.31. The van der Waals surface area contributed by atoms with E-state index < -0.39 is 23.3 Å². The van der Waals surface area contributed by atoms with Gasteiger partial charge in [0.1, 0.15) is 11.1 Å². The third-order valence-electron chi connectivity index (χ3n) is 4.81. The molecule has 156 valence electrons. The van der Waals surface area contributed by atoms with E-state index in [1.807, 2.05) is 4.90 Å². The molecule has 1 aliphatic rings. The number of rotatable bonds is 3. The van der Waals surface area contributed by atoms with E-state index in [-0.39, 0.29) is 11.3 Å². The third-order valence-corrected chi connectivity index (χ3v) is 4.81. The van der Waals surface area contributed by atoms with Crippen LogP contribution in [0.4, 0.5) is 24.5 Å². The molecule has 1 amide bonds. The molecule has 3 aromatic rings.